The number of carbonyl (C=O) groups excluding carboxylic acids is 2. The minimum atomic E-state index is -1.54. The molecular weight excluding hydrogens is 600 g/mol. The molecule has 5 rings (SSSR count). The first kappa shape index (κ1) is 32.9. The maximum absolute atomic E-state index is 13.3. The van der Waals surface area contributed by atoms with E-state index in [-0.39, 0.29) is 11.5 Å². The second-order valence-electron chi connectivity index (χ2n) is 11.7. The molecule has 47 heavy (non-hydrogen) atoms. The molecule has 0 fully saturated rings. The van der Waals surface area contributed by atoms with E-state index in [1.807, 2.05) is 54.4 Å². The number of aliphatic carboxylic acids is 2. The third-order valence-corrected chi connectivity index (χ3v) is 8.36. The van der Waals surface area contributed by atoms with Crippen LogP contribution in [0.3, 0.4) is 0 Å². The Labute approximate surface area is 272 Å². The number of nitrogens with one attached hydrogen (secondary N) is 1. The number of nitrogens with zero attached hydrogens (tertiary/aromatic N) is 3. The molecule has 1 aliphatic heterocycles. The largest absolute Gasteiger partial charge is 0.493 e. The summed E-state index contributed by atoms with van der Waals surface area (Å²) in [4.78, 5) is 50.2. The lowest BCUT2D eigenvalue weighted by Gasteiger charge is -2.31. The predicted molar refractivity (Wildman–Crippen MR) is 176 cm³/mol. The molecule has 3 aromatic carbocycles. The standard InChI is InChI=1S/C36H38N4O7/c1-23-8-3-14-32(24(23)2)47-17-7-15-33(41)40-16-6-12-29-28(11-5-13-31(29)40)27-20-37-39(22-27)21-25-9-4-10-26(18-25)35(44)38-30(36(45)46)19-34(42)43/h3-5,8-11,13-14,18,20,22,30H,6-7,12,15-17,19,21H2,1-2H3,(H,38,44)(H,42,43)(H,45,46)/t30-/m0/s1. The topological polar surface area (TPSA) is 151 Å². The van der Waals surface area contributed by atoms with Gasteiger partial charge in [0.2, 0.25) is 5.91 Å². The number of aryl methyl sites for hydroxylation is 1. The number of rotatable bonds is 13. The van der Waals surface area contributed by atoms with Gasteiger partial charge in [0.1, 0.15) is 11.8 Å². The van der Waals surface area contributed by atoms with Gasteiger partial charge in [0.15, 0.2) is 0 Å². The van der Waals surface area contributed by atoms with Gasteiger partial charge in [-0.05, 0) is 85.2 Å². The number of fused-ring (bicyclic) bond motifs is 1. The number of aromatic nitrogens is 2. The van der Waals surface area contributed by atoms with Gasteiger partial charge in [-0.1, -0.05) is 36.4 Å². The van der Waals surface area contributed by atoms with Gasteiger partial charge in [-0.2, -0.15) is 5.10 Å². The van der Waals surface area contributed by atoms with Crippen LogP contribution < -0.4 is 15.0 Å². The highest BCUT2D eigenvalue weighted by molar-refractivity contribution is 5.97. The second kappa shape index (κ2) is 14.8. The lowest BCUT2D eigenvalue weighted by atomic mass is 9.93. The van der Waals surface area contributed by atoms with Crippen LogP contribution in [0.2, 0.25) is 0 Å². The third kappa shape index (κ3) is 8.04. The van der Waals surface area contributed by atoms with Gasteiger partial charge in [-0.3, -0.25) is 19.1 Å². The monoisotopic (exact) mass is 638 g/mol. The molecule has 1 aromatic heterocycles. The molecule has 1 aliphatic rings. The SMILES string of the molecule is Cc1cccc(OCCCC(=O)N2CCCc3c(-c4cnn(Cc5cccc(C(=O)N[C@@H](CC(=O)O)C(=O)O)c5)c4)cccc32)c1C. The van der Waals surface area contributed by atoms with E-state index in [0.29, 0.717) is 32.5 Å². The van der Waals surface area contributed by atoms with Crippen LogP contribution in [0, 0.1) is 13.8 Å². The first-order valence-corrected chi connectivity index (χ1v) is 15.6. The number of hydrogen-bond acceptors (Lipinski definition) is 6. The van der Waals surface area contributed by atoms with E-state index in [4.69, 9.17) is 9.84 Å². The van der Waals surface area contributed by atoms with Crippen LogP contribution in [0.5, 0.6) is 5.75 Å². The summed E-state index contributed by atoms with van der Waals surface area (Å²) in [7, 11) is 0. The molecule has 0 aliphatic carbocycles. The van der Waals surface area contributed by atoms with Crippen molar-refractivity contribution in [1.82, 2.24) is 15.1 Å². The highest BCUT2D eigenvalue weighted by Gasteiger charge is 2.26. The number of benzene rings is 3. The summed E-state index contributed by atoms with van der Waals surface area (Å²) in [6.45, 7) is 5.57. The van der Waals surface area contributed by atoms with Crippen molar-refractivity contribution in [2.24, 2.45) is 0 Å². The highest BCUT2D eigenvalue weighted by Crippen LogP contribution is 2.36. The number of carboxylic acids is 2. The van der Waals surface area contributed by atoms with Gasteiger partial charge in [0.05, 0.1) is 25.8 Å². The van der Waals surface area contributed by atoms with Crippen LogP contribution in [0.4, 0.5) is 5.69 Å². The highest BCUT2D eigenvalue weighted by atomic mass is 16.5. The molecule has 0 spiro atoms. The molecule has 11 heteroatoms. The van der Waals surface area contributed by atoms with Crippen molar-refractivity contribution in [3.05, 3.63) is 101 Å². The second-order valence-corrected chi connectivity index (χ2v) is 11.7. The molecule has 0 unspecified atom stereocenters. The fourth-order valence-electron chi connectivity index (χ4n) is 5.78. The van der Waals surface area contributed by atoms with Gasteiger partial charge < -0.3 is 25.2 Å². The Kier molecular flexibility index (Phi) is 10.3. The van der Waals surface area contributed by atoms with Crippen LogP contribution in [-0.2, 0) is 27.3 Å². The average Bonchev–Trinajstić information content (AvgIpc) is 3.51. The number of anilines is 1. The number of ether oxygens (including phenoxy) is 1. The van der Waals surface area contributed by atoms with Crippen LogP contribution in [0.1, 0.15) is 58.3 Å². The molecule has 3 N–H and O–H groups in total. The molecular formula is C36H38N4O7. The van der Waals surface area contributed by atoms with E-state index >= 15 is 0 Å². The van der Waals surface area contributed by atoms with E-state index in [1.165, 1.54) is 11.6 Å². The Morgan fingerprint density at radius 2 is 1.81 bits per heavy atom. The Morgan fingerprint density at radius 1 is 1.02 bits per heavy atom. The zero-order valence-electron chi connectivity index (χ0n) is 26.4. The van der Waals surface area contributed by atoms with Crippen molar-refractivity contribution in [2.45, 2.75) is 58.5 Å². The maximum atomic E-state index is 13.3. The summed E-state index contributed by atoms with van der Waals surface area (Å²) < 4.78 is 7.71. The van der Waals surface area contributed by atoms with E-state index in [2.05, 4.69) is 23.4 Å². The van der Waals surface area contributed by atoms with Crippen molar-refractivity contribution in [3.63, 3.8) is 0 Å². The van der Waals surface area contributed by atoms with E-state index in [1.54, 1.807) is 23.0 Å². The summed E-state index contributed by atoms with van der Waals surface area (Å²) >= 11 is 0. The van der Waals surface area contributed by atoms with Crippen molar-refractivity contribution in [1.29, 1.82) is 0 Å². The summed E-state index contributed by atoms with van der Waals surface area (Å²) in [5, 5.41) is 25.0. The maximum Gasteiger partial charge on any atom is 0.326 e. The van der Waals surface area contributed by atoms with Crippen LogP contribution >= 0.6 is 0 Å². The molecule has 2 amide bonds. The Morgan fingerprint density at radius 3 is 2.60 bits per heavy atom. The van der Waals surface area contributed by atoms with Crippen molar-refractivity contribution >= 4 is 29.4 Å². The normalized spacial score (nSPS) is 13.0. The average molecular weight is 639 g/mol. The van der Waals surface area contributed by atoms with Crippen molar-refractivity contribution in [2.75, 3.05) is 18.1 Å². The number of carboxylic acid groups (broad SMARTS) is 2. The van der Waals surface area contributed by atoms with Gasteiger partial charge in [-0.25, -0.2) is 4.79 Å². The zero-order chi connectivity index (χ0) is 33.5. The number of carbonyl (C=O) groups is 4. The molecule has 11 nitrogen and oxygen atoms in total. The molecule has 0 saturated heterocycles. The van der Waals surface area contributed by atoms with Crippen LogP contribution in [0.25, 0.3) is 11.1 Å². The fraction of sp³-hybridized carbons (Fsp3) is 0.306. The van der Waals surface area contributed by atoms with E-state index in [0.717, 1.165) is 52.1 Å². The summed E-state index contributed by atoms with van der Waals surface area (Å²) in [5.41, 5.74) is 7.19. The van der Waals surface area contributed by atoms with Gasteiger partial charge in [0, 0.05) is 36.0 Å². The lowest BCUT2D eigenvalue weighted by Crippen LogP contribution is -2.42. The third-order valence-electron chi connectivity index (χ3n) is 8.36. The quantitative estimate of drug-likeness (QED) is 0.173. The van der Waals surface area contributed by atoms with Gasteiger partial charge >= 0.3 is 11.9 Å². The lowest BCUT2D eigenvalue weighted by molar-refractivity contribution is -0.145. The van der Waals surface area contributed by atoms with Crippen molar-refractivity contribution in [3.8, 4) is 16.9 Å². The fourth-order valence-corrected chi connectivity index (χ4v) is 5.78. The smallest absolute Gasteiger partial charge is 0.326 e. The van der Waals surface area contributed by atoms with E-state index < -0.39 is 30.3 Å². The minimum Gasteiger partial charge on any atom is -0.493 e. The molecule has 4 aromatic rings. The molecule has 0 bridgehead atoms. The predicted octanol–water partition coefficient (Wildman–Crippen LogP) is 5.01. The van der Waals surface area contributed by atoms with E-state index in [9.17, 15) is 24.3 Å². The van der Waals surface area contributed by atoms with Gasteiger partial charge in [-0.15, -0.1) is 0 Å². The molecule has 0 radical (unpaired) electrons. The Bertz CT molecular complexity index is 1800. The summed E-state index contributed by atoms with van der Waals surface area (Å²) in [5.74, 6) is -2.49. The molecule has 2 heterocycles. The number of amides is 2. The summed E-state index contributed by atoms with van der Waals surface area (Å²) in [6.07, 6.45) is 5.67. The van der Waals surface area contributed by atoms with Gasteiger partial charge in [0.25, 0.3) is 5.91 Å². The minimum absolute atomic E-state index is 0.0740. The molecule has 244 valence electrons. The zero-order valence-corrected chi connectivity index (χ0v) is 26.4. The first-order valence-electron chi connectivity index (χ1n) is 15.6. The Balaban J connectivity index is 1.23. The summed E-state index contributed by atoms with van der Waals surface area (Å²) in [6, 6.07) is 17.1. The molecule has 0 saturated carbocycles. The van der Waals surface area contributed by atoms with Crippen LogP contribution in [-0.4, -0.2) is 62.9 Å². The van der Waals surface area contributed by atoms with Crippen LogP contribution in [0.15, 0.2) is 73.1 Å². The first-order chi connectivity index (χ1) is 22.6. The molecule has 1 atom stereocenters. The van der Waals surface area contributed by atoms with Crippen molar-refractivity contribution < 1.29 is 34.1 Å². The number of hydrogen-bond donors (Lipinski definition) is 3. The Hall–Kier alpha value is -5.45.